The van der Waals surface area contributed by atoms with Crippen molar-refractivity contribution in [3.8, 4) is 0 Å². The predicted octanol–water partition coefficient (Wildman–Crippen LogP) is 4.71. The number of nitrogens with one attached hydrogen (secondary N) is 1. The summed E-state index contributed by atoms with van der Waals surface area (Å²) in [6, 6.07) is 10.1. The molecule has 1 saturated carbocycles. The van der Waals surface area contributed by atoms with E-state index in [1.54, 1.807) is 23.0 Å². The molecular weight excluding hydrogens is 419 g/mol. The van der Waals surface area contributed by atoms with Gasteiger partial charge >= 0.3 is 6.18 Å². The Morgan fingerprint density at radius 1 is 1.20 bits per heavy atom. The fraction of sp³-hybridized carbons (Fsp3) is 0.350. The third-order valence-corrected chi connectivity index (χ3v) is 5.02. The molecule has 0 atom stereocenters. The molecule has 3 aromatic rings. The molecule has 1 aliphatic carbocycles. The maximum atomic E-state index is 13.0. The van der Waals surface area contributed by atoms with E-state index in [-0.39, 0.29) is 24.8 Å². The van der Waals surface area contributed by atoms with Crippen LogP contribution in [-0.4, -0.2) is 25.5 Å². The van der Waals surface area contributed by atoms with Crippen molar-refractivity contribution in [2.24, 2.45) is 0 Å². The van der Waals surface area contributed by atoms with E-state index < -0.39 is 11.9 Å². The summed E-state index contributed by atoms with van der Waals surface area (Å²) in [5.74, 6) is 0.133. The van der Waals surface area contributed by atoms with Gasteiger partial charge in [-0.2, -0.15) is 23.4 Å². The summed E-state index contributed by atoms with van der Waals surface area (Å²) in [5.41, 5.74) is 0.598. The third-order valence-electron chi connectivity index (χ3n) is 4.79. The third kappa shape index (κ3) is 5.02. The van der Waals surface area contributed by atoms with Crippen LogP contribution in [0.2, 0.25) is 5.02 Å². The van der Waals surface area contributed by atoms with Gasteiger partial charge in [0.2, 0.25) is 5.91 Å². The van der Waals surface area contributed by atoms with Crippen LogP contribution in [-0.2, 0) is 24.1 Å². The highest BCUT2D eigenvalue weighted by molar-refractivity contribution is 6.30. The zero-order valence-corrected chi connectivity index (χ0v) is 16.6. The van der Waals surface area contributed by atoms with Crippen LogP contribution in [0.5, 0.6) is 0 Å². The summed E-state index contributed by atoms with van der Waals surface area (Å²) in [6.45, 7) is 0.575. The van der Waals surface area contributed by atoms with Crippen LogP contribution in [0, 0.1) is 0 Å². The largest absolute Gasteiger partial charge is 0.435 e. The molecular formula is C20H19ClF3N5O. The molecule has 0 bridgehead atoms. The minimum Gasteiger partial charge on any atom is -0.309 e. The zero-order chi connectivity index (χ0) is 21.3. The molecule has 2 heterocycles. The Kier molecular flexibility index (Phi) is 5.55. The van der Waals surface area contributed by atoms with E-state index in [1.807, 2.05) is 18.2 Å². The number of benzene rings is 1. The Bertz CT molecular complexity index is 1050. The second-order valence-corrected chi connectivity index (χ2v) is 7.71. The number of halogens is 4. The van der Waals surface area contributed by atoms with Gasteiger partial charge in [-0.1, -0.05) is 23.7 Å². The van der Waals surface area contributed by atoms with E-state index in [0.717, 1.165) is 24.5 Å². The molecule has 2 aromatic heterocycles. The highest BCUT2D eigenvalue weighted by atomic mass is 35.5. The van der Waals surface area contributed by atoms with Gasteiger partial charge in [0.25, 0.3) is 0 Å². The number of hydrogen-bond acceptors (Lipinski definition) is 3. The lowest BCUT2D eigenvalue weighted by atomic mass is 10.2. The highest BCUT2D eigenvalue weighted by Gasteiger charge is 2.37. The standard InChI is InChI=1S/C20H19ClF3N5O/c21-15-3-1-2-13(10-15)12-28-8-6-18(27-28)25-19(30)7-9-29-16(14-4-5-14)11-17(26-29)20(22,23)24/h1-3,6,8,10-11,14H,4-5,7,9,12H2,(H,25,27,30). The normalized spacial score (nSPS) is 14.1. The van der Waals surface area contributed by atoms with Crippen LogP contribution < -0.4 is 5.32 Å². The van der Waals surface area contributed by atoms with Crippen LogP contribution in [0.3, 0.4) is 0 Å². The van der Waals surface area contributed by atoms with Crippen LogP contribution in [0.25, 0.3) is 0 Å². The summed E-state index contributed by atoms with van der Waals surface area (Å²) < 4.78 is 41.8. The number of carbonyl (C=O) groups is 1. The van der Waals surface area contributed by atoms with Gasteiger partial charge < -0.3 is 5.32 Å². The summed E-state index contributed by atoms with van der Waals surface area (Å²) in [5, 5.41) is 11.3. The van der Waals surface area contributed by atoms with Crippen molar-refractivity contribution in [2.75, 3.05) is 5.32 Å². The first kappa shape index (κ1) is 20.5. The topological polar surface area (TPSA) is 64.7 Å². The highest BCUT2D eigenvalue weighted by Crippen LogP contribution is 2.42. The molecule has 6 nitrogen and oxygen atoms in total. The maximum Gasteiger partial charge on any atom is 0.435 e. The van der Waals surface area contributed by atoms with Crippen molar-refractivity contribution in [1.82, 2.24) is 19.6 Å². The molecule has 30 heavy (non-hydrogen) atoms. The smallest absolute Gasteiger partial charge is 0.309 e. The molecule has 0 aliphatic heterocycles. The van der Waals surface area contributed by atoms with Crippen LogP contribution in [0.4, 0.5) is 19.0 Å². The lowest BCUT2D eigenvalue weighted by Crippen LogP contribution is -2.17. The minimum absolute atomic E-state index is 0.000148. The number of aryl methyl sites for hydroxylation is 1. The number of hydrogen-bond donors (Lipinski definition) is 1. The molecule has 1 N–H and O–H groups in total. The van der Waals surface area contributed by atoms with Crippen LogP contribution in [0.1, 0.15) is 42.1 Å². The van der Waals surface area contributed by atoms with Crippen molar-refractivity contribution < 1.29 is 18.0 Å². The van der Waals surface area contributed by atoms with Gasteiger partial charge in [0, 0.05) is 41.9 Å². The van der Waals surface area contributed by atoms with Crippen molar-refractivity contribution in [1.29, 1.82) is 0 Å². The van der Waals surface area contributed by atoms with E-state index in [0.29, 0.717) is 23.1 Å². The fourth-order valence-corrected chi connectivity index (χ4v) is 3.42. The molecule has 0 radical (unpaired) electrons. The van der Waals surface area contributed by atoms with Gasteiger partial charge in [-0.15, -0.1) is 0 Å². The number of aromatic nitrogens is 4. The molecule has 1 aromatic carbocycles. The summed E-state index contributed by atoms with van der Waals surface area (Å²) >= 11 is 5.98. The van der Waals surface area contributed by atoms with E-state index >= 15 is 0 Å². The van der Waals surface area contributed by atoms with E-state index in [2.05, 4.69) is 15.5 Å². The Balaban J connectivity index is 1.34. The molecule has 10 heteroatoms. The van der Waals surface area contributed by atoms with E-state index in [9.17, 15) is 18.0 Å². The Morgan fingerprint density at radius 2 is 2.00 bits per heavy atom. The zero-order valence-electron chi connectivity index (χ0n) is 15.9. The number of rotatable bonds is 7. The molecule has 4 rings (SSSR count). The number of alkyl halides is 3. The predicted molar refractivity (Wildman–Crippen MR) is 105 cm³/mol. The summed E-state index contributed by atoms with van der Waals surface area (Å²) in [4.78, 5) is 12.3. The molecule has 0 unspecified atom stereocenters. The first-order chi connectivity index (χ1) is 14.3. The SMILES string of the molecule is O=C(CCn1nc(C(F)(F)F)cc1C1CC1)Nc1ccn(Cc2cccc(Cl)c2)n1. The van der Waals surface area contributed by atoms with Gasteiger partial charge in [-0.05, 0) is 36.6 Å². The monoisotopic (exact) mass is 437 g/mol. The van der Waals surface area contributed by atoms with Crippen LogP contribution >= 0.6 is 11.6 Å². The average molecular weight is 438 g/mol. The lowest BCUT2D eigenvalue weighted by Gasteiger charge is -2.07. The lowest BCUT2D eigenvalue weighted by molar-refractivity contribution is -0.141. The molecule has 158 valence electrons. The Labute approximate surface area is 175 Å². The summed E-state index contributed by atoms with van der Waals surface area (Å²) in [7, 11) is 0. The first-order valence-electron chi connectivity index (χ1n) is 9.50. The maximum absolute atomic E-state index is 13.0. The van der Waals surface area contributed by atoms with Gasteiger partial charge in [0.15, 0.2) is 11.5 Å². The number of anilines is 1. The molecule has 1 fully saturated rings. The van der Waals surface area contributed by atoms with Gasteiger partial charge in [0.05, 0.1) is 6.54 Å². The number of nitrogens with zero attached hydrogens (tertiary/aromatic N) is 4. The first-order valence-corrected chi connectivity index (χ1v) is 9.88. The van der Waals surface area contributed by atoms with Gasteiger partial charge in [0.1, 0.15) is 0 Å². The number of amides is 1. The second kappa shape index (κ2) is 8.14. The molecule has 0 saturated heterocycles. The minimum atomic E-state index is -4.49. The van der Waals surface area contributed by atoms with Crippen molar-refractivity contribution in [2.45, 2.75) is 44.4 Å². The van der Waals surface area contributed by atoms with Gasteiger partial charge in [-0.25, -0.2) is 0 Å². The molecule has 0 spiro atoms. The number of carbonyl (C=O) groups excluding carboxylic acids is 1. The van der Waals surface area contributed by atoms with Crippen molar-refractivity contribution in [3.63, 3.8) is 0 Å². The second-order valence-electron chi connectivity index (χ2n) is 7.28. The van der Waals surface area contributed by atoms with Crippen LogP contribution in [0.15, 0.2) is 42.6 Å². The Morgan fingerprint density at radius 3 is 2.70 bits per heavy atom. The fourth-order valence-electron chi connectivity index (χ4n) is 3.21. The van der Waals surface area contributed by atoms with Gasteiger partial charge in [-0.3, -0.25) is 14.2 Å². The van der Waals surface area contributed by atoms with E-state index in [4.69, 9.17) is 11.6 Å². The molecule has 1 amide bonds. The summed E-state index contributed by atoms with van der Waals surface area (Å²) in [6.07, 6.45) is -1.07. The van der Waals surface area contributed by atoms with E-state index in [1.165, 1.54) is 4.68 Å². The average Bonchev–Trinajstić information content (AvgIpc) is 3.26. The van der Waals surface area contributed by atoms with Crippen molar-refractivity contribution >= 4 is 23.3 Å². The molecule has 1 aliphatic rings. The van der Waals surface area contributed by atoms with Crippen molar-refractivity contribution in [3.05, 3.63) is 64.6 Å². The Hall–Kier alpha value is -2.81. The quantitative estimate of drug-likeness (QED) is 0.582.